The van der Waals surface area contributed by atoms with Crippen LogP contribution >= 0.6 is 0 Å². The molecular weight excluding hydrogens is 408 g/mol. The molecule has 0 saturated heterocycles. The Morgan fingerprint density at radius 2 is 1.36 bits per heavy atom. The van der Waals surface area contributed by atoms with Crippen LogP contribution in [0, 0.1) is 17.3 Å². The number of nitrogens with one attached hydrogen (secondary N) is 2. The van der Waals surface area contributed by atoms with Gasteiger partial charge in [-0.2, -0.15) is 0 Å². The number of rotatable bonds is 11. The Morgan fingerprint density at radius 3 is 1.82 bits per heavy atom. The molecule has 2 N–H and O–H groups in total. The molecule has 0 aliphatic rings. The molecule has 0 saturated carbocycles. The Hall–Kier alpha value is -2.62. The summed E-state index contributed by atoms with van der Waals surface area (Å²) >= 11 is 0. The average molecular weight is 451 g/mol. The zero-order valence-electron chi connectivity index (χ0n) is 21.2. The maximum Gasteiger partial charge on any atom is 0.242 e. The molecular formula is C29H42N2O2. The quantitative estimate of drug-likeness (QED) is 0.446. The van der Waals surface area contributed by atoms with Crippen LogP contribution in [0.1, 0.15) is 77.8 Å². The van der Waals surface area contributed by atoms with Crippen molar-refractivity contribution in [3.05, 3.63) is 71.8 Å². The first-order valence-electron chi connectivity index (χ1n) is 12.2. The predicted molar refractivity (Wildman–Crippen MR) is 137 cm³/mol. The molecule has 0 aromatic heterocycles. The summed E-state index contributed by atoms with van der Waals surface area (Å²) in [6, 6.07) is 20.3. The van der Waals surface area contributed by atoms with Gasteiger partial charge >= 0.3 is 0 Å². The summed E-state index contributed by atoms with van der Waals surface area (Å²) in [7, 11) is 0. The second kappa shape index (κ2) is 12.6. The molecule has 0 fully saturated rings. The van der Waals surface area contributed by atoms with Gasteiger partial charge in [-0.15, -0.1) is 0 Å². The van der Waals surface area contributed by atoms with Crippen molar-refractivity contribution in [1.29, 1.82) is 0 Å². The van der Waals surface area contributed by atoms with E-state index in [9.17, 15) is 9.59 Å². The van der Waals surface area contributed by atoms with Gasteiger partial charge in [0.15, 0.2) is 0 Å². The van der Waals surface area contributed by atoms with Crippen molar-refractivity contribution in [2.45, 2.75) is 72.8 Å². The molecule has 2 amide bonds. The minimum absolute atomic E-state index is 0.0194. The highest BCUT2D eigenvalue weighted by Crippen LogP contribution is 2.28. The molecule has 180 valence electrons. The van der Waals surface area contributed by atoms with Crippen LogP contribution in [0.3, 0.4) is 0 Å². The summed E-state index contributed by atoms with van der Waals surface area (Å²) in [5.41, 5.74) is 2.65. The van der Waals surface area contributed by atoms with Crippen LogP contribution in [0.4, 0.5) is 0 Å². The summed E-state index contributed by atoms with van der Waals surface area (Å²) in [5, 5.41) is 6.06. The van der Waals surface area contributed by atoms with Crippen LogP contribution in [0.25, 0.3) is 0 Å². The van der Waals surface area contributed by atoms with Crippen molar-refractivity contribution < 1.29 is 9.59 Å². The van der Waals surface area contributed by atoms with E-state index in [0.717, 1.165) is 12.8 Å². The Morgan fingerprint density at radius 1 is 0.848 bits per heavy atom. The minimum Gasteiger partial charge on any atom is -0.354 e. The van der Waals surface area contributed by atoms with E-state index in [2.05, 4.69) is 86.9 Å². The van der Waals surface area contributed by atoms with E-state index in [0.29, 0.717) is 13.0 Å². The van der Waals surface area contributed by atoms with Crippen LogP contribution in [0.5, 0.6) is 0 Å². The highest BCUT2D eigenvalue weighted by molar-refractivity contribution is 5.87. The minimum atomic E-state index is -0.522. The Labute approximate surface area is 200 Å². The summed E-state index contributed by atoms with van der Waals surface area (Å²) in [6.07, 6.45) is 2.21. The van der Waals surface area contributed by atoms with Gasteiger partial charge in [-0.1, -0.05) is 102 Å². The second-order valence-corrected chi connectivity index (χ2v) is 10.8. The van der Waals surface area contributed by atoms with Crippen LogP contribution in [-0.2, 0) is 9.59 Å². The predicted octanol–water partition coefficient (Wildman–Crippen LogP) is 5.93. The second-order valence-electron chi connectivity index (χ2n) is 10.8. The molecule has 0 heterocycles. The molecule has 0 aliphatic heterocycles. The van der Waals surface area contributed by atoms with Gasteiger partial charge in [0.25, 0.3) is 0 Å². The lowest BCUT2D eigenvalue weighted by molar-refractivity contribution is -0.130. The smallest absolute Gasteiger partial charge is 0.242 e. The first-order valence-corrected chi connectivity index (χ1v) is 12.2. The van der Waals surface area contributed by atoms with E-state index in [1.165, 1.54) is 11.1 Å². The van der Waals surface area contributed by atoms with E-state index in [1.807, 2.05) is 26.0 Å². The molecule has 0 radical (unpaired) electrons. The number of carbonyl (C=O) groups excluding carboxylic acids is 2. The zero-order valence-corrected chi connectivity index (χ0v) is 21.2. The maximum absolute atomic E-state index is 13.0. The van der Waals surface area contributed by atoms with Gasteiger partial charge in [-0.3, -0.25) is 9.59 Å². The van der Waals surface area contributed by atoms with Gasteiger partial charge in [-0.25, -0.2) is 0 Å². The van der Waals surface area contributed by atoms with E-state index >= 15 is 0 Å². The lowest BCUT2D eigenvalue weighted by Gasteiger charge is -2.25. The van der Waals surface area contributed by atoms with Gasteiger partial charge in [-0.05, 0) is 41.2 Å². The van der Waals surface area contributed by atoms with Crippen molar-refractivity contribution in [3.8, 4) is 0 Å². The lowest BCUT2D eigenvalue weighted by atomic mass is 9.84. The average Bonchev–Trinajstić information content (AvgIpc) is 2.74. The first kappa shape index (κ1) is 26.6. The largest absolute Gasteiger partial charge is 0.354 e. The van der Waals surface area contributed by atoms with E-state index in [4.69, 9.17) is 0 Å². The molecule has 2 atom stereocenters. The van der Waals surface area contributed by atoms with Gasteiger partial charge < -0.3 is 10.6 Å². The third-order valence-corrected chi connectivity index (χ3v) is 5.90. The number of carbonyl (C=O) groups is 2. The van der Waals surface area contributed by atoms with Gasteiger partial charge in [0.05, 0.1) is 0 Å². The number of hydrogen-bond donors (Lipinski definition) is 2. The van der Waals surface area contributed by atoms with Crippen LogP contribution in [-0.4, -0.2) is 24.4 Å². The number of hydrogen-bond acceptors (Lipinski definition) is 2. The van der Waals surface area contributed by atoms with E-state index < -0.39 is 6.04 Å². The molecule has 2 aromatic rings. The normalized spacial score (nSPS) is 13.6. The van der Waals surface area contributed by atoms with Crippen LogP contribution in [0.15, 0.2) is 60.7 Å². The molecule has 0 spiro atoms. The molecule has 2 aromatic carbocycles. The topological polar surface area (TPSA) is 58.2 Å². The fraction of sp³-hybridized carbons (Fsp3) is 0.517. The molecule has 0 bridgehead atoms. The van der Waals surface area contributed by atoms with E-state index in [1.54, 1.807) is 0 Å². The standard InChI is InChI=1S/C29H42N2O2/c1-21(2)27(31-26(32)19-22(3)20-29(4,5)6)28(33)30-18-17-25(23-13-9-7-10-14-23)24-15-11-8-12-16-24/h7-16,21-22,25,27H,17-20H2,1-6H3,(H,30,33)(H,31,32). The first-order chi connectivity index (χ1) is 15.6. The third kappa shape index (κ3) is 9.41. The zero-order chi connectivity index (χ0) is 24.4. The SMILES string of the molecule is CC(CC(=O)NC(C(=O)NCCC(c1ccccc1)c1ccccc1)C(C)C)CC(C)(C)C. The molecule has 4 heteroatoms. The molecule has 0 aliphatic carbocycles. The number of amides is 2. The lowest BCUT2D eigenvalue weighted by Crippen LogP contribution is -2.50. The van der Waals surface area contributed by atoms with Crippen molar-refractivity contribution in [2.24, 2.45) is 17.3 Å². The molecule has 2 unspecified atom stereocenters. The Kier molecular flexibility index (Phi) is 10.1. The number of benzene rings is 2. The van der Waals surface area contributed by atoms with Crippen molar-refractivity contribution >= 4 is 11.8 Å². The van der Waals surface area contributed by atoms with Crippen molar-refractivity contribution in [2.75, 3.05) is 6.54 Å². The monoisotopic (exact) mass is 450 g/mol. The van der Waals surface area contributed by atoms with Gasteiger partial charge in [0.2, 0.25) is 11.8 Å². The maximum atomic E-state index is 13.0. The Bertz CT molecular complexity index is 817. The molecule has 2 rings (SSSR count). The fourth-order valence-corrected chi connectivity index (χ4v) is 4.55. The van der Waals surface area contributed by atoms with Crippen molar-refractivity contribution in [1.82, 2.24) is 10.6 Å². The summed E-state index contributed by atoms with van der Waals surface area (Å²) in [6.45, 7) is 13.1. The summed E-state index contributed by atoms with van der Waals surface area (Å²) < 4.78 is 0. The summed E-state index contributed by atoms with van der Waals surface area (Å²) in [4.78, 5) is 25.6. The van der Waals surface area contributed by atoms with E-state index in [-0.39, 0.29) is 35.0 Å². The summed E-state index contributed by atoms with van der Waals surface area (Å²) in [5.74, 6) is 0.344. The molecule has 33 heavy (non-hydrogen) atoms. The van der Waals surface area contributed by atoms with Crippen LogP contribution < -0.4 is 10.6 Å². The third-order valence-electron chi connectivity index (χ3n) is 5.90. The van der Waals surface area contributed by atoms with Gasteiger partial charge in [0.1, 0.15) is 6.04 Å². The fourth-order valence-electron chi connectivity index (χ4n) is 4.55. The van der Waals surface area contributed by atoms with Gasteiger partial charge in [0, 0.05) is 18.9 Å². The highest BCUT2D eigenvalue weighted by Gasteiger charge is 2.26. The Balaban J connectivity index is 1.96. The van der Waals surface area contributed by atoms with Crippen molar-refractivity contribution in [3.63, 3.8) is 0 Å². The highest BCUT2D eigenvalue weighted by atomic mass is 16.2. The van der Waals surface area contributed by atoms with Crippen LogP contribution in [0.2, 0.25) is 0 Å². The molecule has 4 nitrogen and oxygen atoms in total.